The number of carbonyl (C=O) groups is 1. The third kappa shape index (κ3) is 2.68. The minimum absolute atomic E-state index is 0.104. The van der Waals surface area contributed by atoms with Crippen LogP contribution in [0, 0.1) is 0 Å². The number of nitrogens with two attached hydrogens (primary N) is 1. The van der Waals surface area contributed by atoms with Gasteiger partial charge in [-0.15, -0.1) is 0 Å². The van der Waals surface area contributed by atoms with Gasteiger partial charge in [-0.2, -0.15) is 0 Å². The fraction of sp³-hybridized carbons (Fsp3) is 0.900. The molecule has 2 aliphatic rings. The minimum atomic E-state index is -0.307. The molecule has 2 aliphatic heterocycles. The quantitative estimate of drug-likeness (QED) is 0.658. The molecule has 2 heterocycles. The van der Waals surface area contributed by atoms with Crippen molar-refractivity contribution in [3.05, 3.63) is 0 Å². The topological polar surface area (TPSA) is 73.6 Å². The standard InChI is InChI=1S/C10H18N2O3/c11-9(13)6-12-8-1-3-15-10(5-8)2-4-14-7-10/h8,12H,1-7H2,(H2,11,13). The smallest absolute Gasteiger partial charge is 0.231 e. The fourth-order valence-corrected chi connectivity index (χ4v) is 2.31. The summed E-state index contributed by atoms with van der Waals surface area (Å²) < 4.78 is 11.1. The number of hydrogen-bond acceptors (Lipinski definition) is 4. The van der Waals surface area contributed by atoms with Crippen molar-refractivity contribution in [2.24, 2.45) is 5.73 Å². The van der Waals surface area contributed by atoms with E-state index in [-0.39, 0.29) is 18.1 Å². The largest absolute Gasteiger partial charge is 0.378 e. The molecule has 15 heavy (non-hydrogen) atoms. The number of amides is 1. The molecule has 1 amide bonds. The van der Waals surface area contributed by atoms with E-state index in [2.05, 4.69) is 5.32 Å². The Hall–Kier alpha value is -0.650. The zero-order valence-corrected chi connectivity index (χ0v) is 8.83. The van der Waals surface area contributed by atoms with E-state index in [1.54, 1.807) is 0 Å². The molecule has 2 unspecified atom stereocenters. The Labute approximate surface area is 89.3 Å². The highest BCUT2D eigenvalue weighted by Crippen LogP contribution is 2.32. The SMILES string of the molecule is NC(=O)CNC1CCOC2(CCOC2)C1. The minimum Gasteiger partial charge on any atom is -0.378 e. The van der Waals surface area contributed by atoms with E-state index in [9.17, 15) is 4.79 Å². The van der Waals surface area contributed by atoms with Gasteiger partial charge in [0.25, 0.3) is 0 Å². The first-order valence-corrected chi connectivity index (χ1v) is 5.44. The van der Waals surface area contributed by atoms with Crippen LogP contribution in [0.1, 0.15) is 19.3 Å². The van der Waals surface area contributed by atoms with Gasteiger partial charge < -0.3 is 20.5 Å². The highest BCUT2D eigenvalue weighted by atomic mass is 16.6. The summed E-state index contributed by atoms with van der Waals surface area (Å²) in [5, 5.41) is 3.16. The highest BCUT2D eigenvalue weighted by molar-refractivity contribution is 5.75. The summed E-state index contributed by atoms with van der Waals surface area (Å²) >= 11 is 0. The van der Waals surface area contributed by atoms with Gasteiger partial charge >= 0.3 is 0 Å². The number of carbonyl (C=O) groups excluding carboxylic acids is 1. The Morgan fingerprint density at radius 1 is 1.53 bits per heavy atom. The van der Waals surface area contributed by atoms with Crippen LogP contribution in [0.3, 0.4) is 0 Å². The first kappa shape index (κ1) is 10.9. The molecule has 86 valence electrons. The van der Waals surface area contributed by atoms with Crippen molar-refractivity contribution in [1.82, 2.24) is 5.32 Å². The van der Waals surface area contributed by atoms with E-state index in [1.807, 2.05) is 0 Å². The summed E-state index contributed by atoms with van der Waals surface area (Å²) in [5.74, 6) is -0.307. The zero-order valence-electron chi connectivity index (χ0n) is 8.83. The Morgan fingerprint density at radius 2 is 2.40 bits per heavy atom. The molecular weight excluding hydrogens is 196 g/mol. The van der Waals surface area contributed by atoms with Gasteiger partial charge in [0.1, 0.15) is 0 Å². The van der Waals surface area contributed by atoms with Gasteiger partial charge in [-0.05, 0) is 12.8 Å². The van der Waals surface area contributed by atoms with E-state index in [0.717, 1.165) is 32.5 Å². The van der Waals surface area contributed by atoms with Crippen LogP contribution in [0.5, 0.6) is 0 Å². The normalized spacial score (nSPS) is 35.9. The Bertz CT molecular complexity index is 239. The number of rotatable bonds is 3. The van der Waals surface area contributed by atoms with Crippen LogP contribution in [0.2, 0.25) is 0 Å². The lowest BCUT2D eigenvalue weighted by Gasteiger charge is -2.37. The third-order valence-electron chi connectivity index (χ3n) is 3.13. The van der Waals surface area contributed by atoms with Gasteiger partial charge in [0.2, 0.25) is 5.91 Å². The summed E-state index contributed by atoms with van der Waals surface area (Å²) in [6, 6.07) is 0.327. The van der Waals surface area contributed by atoms with Gasteiger partial charge in [-0.1, -0.05) is 0 Å². The van der Waals surface area contributed by atoms with Crippen molar-refractivity contribution in [3.8, 4) is 0 Å². The predicted molar refractivity (Wildman–Crippen MR) is 54.3 cm³/mol. The average molecular weight is 214 g/mol. The van der Waals surface area contributed by atoms with Gasteiger partial charge in [-0.3, -0.25) is 4.79 Å². The van der Waals surface area contributed by atoms with Gasteiger partial charge in [-0.25, -0.2) is 0 Å². The number of hydrogen-bond donors (Lipinski definition) is 2. The molecule has 3 N–H and O–H groups in total. The maximum atomic E-state index is 10.7. The molecule has 0 bridgehead atoms. The Kier molecular flexibility index (Phi) is 3.23. The molecule has 5 heteroatoms. The van der Waals surface area contributed by atoms with Crippen LogP contribution in [0.15, 0.2) is 0 Å². The molecule has 5 nitrogen and oxygen atoms in total. The third-order valence-corrected chi connectivity index (χ3v) is 3.13. The lowest BCUT2D eigenvalue weighted by atomic mass is 9.90. The fourth-order valence-electron chi connectivity index (χ4n) is 2.31. The van der Waals surface area contributed by atoms with Gasteiger partial charge in [0.15, 0.2) is 0 Å². The summed E-state index contributed by atoms with van der Waals surface area (Å²) in [6.07, 6.45) is 2.82. The maximum Gasteiger partial charge on any atom is 0.231 e. The molecule has 2 fully saturated rings. The van der Waals surface area contributed by atoms with Crippen LogP contribution >= 0.6 is 0 Å². The predicted octanol–water partition coefficient (Wildman–Crippen LogP) is -0.601. The molecular formula is C10H18N2O3. The molecule has 2 atom stereocenters. The molecule has 2 saturated heterocycles. The molecule has 0 aromatic rings. The number of primary amides is 1. The molecule has 2 rings (SSSR count). The van der Waals surface area contributed by atoms with Crippen LogP contribution in [-0.4, -0.2) is 43.9 Å². The second-order valence-electron chi connectivity index (χ2n) is 4.37. The molecule has 0 saturated carbocycles. The zero-order chi connectivity index (χ0) is 10.7. The van der Waals surface area contributed by atoms with E-state index < -0.39 is 0 Å². The highest BCUT2D eigenvalue weighted by Gasteiger charge is 2.40. The Morgan fingerprint density at radius 3 is 3.07 bits per heavy atom. The molecule has 0 aliphatic carbocycles. The first-order valence-electron chi connectivity index (χ1n) is 5.44. The van der Waals surface area contributed by atoms with Crippen molar-refractivity contribution < 1.29 is 14.3 Å². The summed E-state index contributed by atoms with van der Waals surface area (Å²) in [5.41, 5.74) is 4.99. The van der Waals surface area contributed by atoms with Crippen molar-refractivity contribution in [2.45, 2.75) is 30.9 Å². The molecule has 0 aromatic heterocycles. The monoisotopic (exact) mass is 214 g/mol. The van der Waals surface area contributed by atoms with Gasteiger partial charge in [0.05, 0.1) is 18.8 Å². The Balaban J connectivity index is 1.84. The molecule has 0 aromatic carbocycles. The molecule has 0 radical (unpaired) electrons. The van der Waals surface area contributed by atoms with Crippen molar-refractivity contribution in [3.63, 3.8) is 0 Å². The van der Waals surface area contributed by atoms with Crippen LogP contribution in [-0.2, 0) is 14.3 Å². The summed E-state index contributed by atoms with van der Waals surface area (Å²) in [4.78, 5) is 10.7. The van der Waals surface area contributed by atoms with E-state index in [1.165, 1.54) is 0 Å². The first-order chi connectivity index (χ1) is 7.20. The van der Waals surface area contributed by atoms with Crippen molar-refractivity contribution in [2.75, 3.05) is 26.4 Å². The van der Waals surface area contributed by atoms with Crippen LogP contribution < -0.4 is 11.1 Å². The van der Waals surface area contributed by atoms with Crippen LogP contribution in [0.4, 0.5) is 0 Å². The number of ether oxygens (including phenoxy) is 2. The number of nitrogens with one attached hydrogen (secondary N) is 1. The van der Waals surface area contributed by atoms with E-state index >= 15 is 0 Å². The molecule has 1 spiro atoms. The second-order valence-corrected chi connectivity index (χ2v) is 4.37. The second kappa shape index (κ2) is 4.47. The summed E-state index contributed by atoms with van der Waals surface area (Å²) in [6.45, 7) is 2.45. The lowest BCUT2D eigenvalue weighted by molar-refractivity contribution is -0.118. The van der Waals surface area contributed by atoms with Gasteiger partial charge in [0, 0.05) is 25.7 Å². The lowest BCUT2D eigenvalue weighted by Crippen LogP contribution is -2.49. The van der Waals surface area contributed by atoms with Crippen molar-refractivity contribution in [1.29, 1.82) is 0 Å². The van der Waals surface area contributed by atoms with Crippen LogP contribution in [0.25, 0.3) is 0 Å². The van der Waals surface area contributed by atoms with E-state index in [0.29, 0.717) is 12.6 Å². The summed E-state index contributed by atoms with van der Waals surface area (Å²) in [7, 11) is 0. The van der Waals surface area contributed by atoms with E-state index in [4.69, 9.17) is 15.2 Å². The van der Waals surface area contributed by atoms with Crippen molar-refractivity contribution >= 4 is 5.91 Å². The maximum absolute atomic E-state index is 10.7. The average Bonchev–Trinajstić information content (AvgIpc) is 2.63.